The number of halogens is 1. The molecule has 0 unspecified atom stereocenters. The summed E-state index contributed by atoms with van der Waals surface area (Å²) in [5, 5.41) is 0. The van der Waals surface area contributed by atoms with Crippen LogP contribution in [0.4, 0.5) is 10.1 Å². The van der Waals surface area contributed by atoms with Crippen LogP contribution in [0.2, 0.25) is 0 Å². The number of carbonyl (C=O) groups is 2. The van der Waals surface area contributed by atoms with Crippen LogP contribution in [0.3, 0.4) is 0 Å². The molecule has 3 N–H and O–H groups in total. The molecule has 0 aliphatic carbocycles. The summed E-state index contributed by atoms with van der Waals surface area (Å²) in [4.78, 5) is 24.5. The van der Waals surface area contributed by atoms with E-state index in [0.29, 0.717) is 11.3 Å². The standard InChI is InChI=1S/C22H20FN3O5S/c1-31-17-10-6-15(7-11-17)14-21(27)24-25-22(28)19-4-2-3-5-20(19)26-32(29,30)18-12-8-16(23)9-13-18/h2-13,26H,14H2,1H3,(H,24,27)(H,25,28). The largest absolute Gasteiger partial charge is 0.497 e. The fourth-order valence-corrected chi connectivity index (χ4v) is 3.83. The third kappa shape index (κ3) is 5.82. The summed E-state index contributed by atoms with van der Waals surface area (Å²) in [5.74, 6) is -1.10. The van der Waals surface area contributed by atoms with Crippen LogP contribution in [0.5, 0.6) is 5.75 Å². The summed E-state index contributed by atoms with van der Waals surface area (Å²) < 4.78 is 45.6. The van der Waals surface area contributed by atoms with Gasteiger partial charge in [0.05, 0.1) is 29.7 Å². The maximum absolute atomic E-state index is 13.1. The molecule has 0 aliphatic heterocycles. The maximum Gasteiger partial charge on any atom is 0.271 e. The molecule has 0 saturated heterocycles. The number of hydrogen-bond donors (Lipinski definition) is 3. The van der Waals surface area contributed by atoms with Crippen LogP contribution in [0.25, 0.3) is 0 Å². The Morgan fingerprint density at radius 3 is 2.22 bits per heavy atom. The Bertz CT molecular complexity index is 1210. The lowest BCUT2D eigenvalue weighted by Crippen LogP contribution is -2.42. The predicted octanol–water partition coefficient (Wildman–Crippen LogP) is 2.64. The average molecular weight is 457 g/mol. The number of rotatable bonds is 7. The van der Waals surface area contributed by atoms with E-state index in [4.69, 9.17) is 4.74 Å². The quantitative estimate of drug-likeness (QED) is 0.472. The molecule has 0 bridgehead atoms. The van der Waals surface area contributed by atoms with Crippen molar-refractivity contribution in [3.63, 3.8) is 0 Å². The zero-order valence-electron chi connectivity index (χ0n) is 17.0. The molecule has 0 aliphatic rings. The Balaban J connectivity index is 1.65. The van der Waals surface area contributed by atoms with Crippen molar-refractivity contribution in [3.05, 3.63) is 89.7 Å². The maximum atomic E-state index is 13.1. The van der Waals surface area contributed by atoms with Crippen LogP contribution in [-0.4, -0.2) is 27.3 Å². The van der Waals surface area contributed by atoms with Crippen molar-refractivity contribution in [2.75, 3.05) is 11.8 Å². The van der Waals surface area contributed by atoms with Crippen LogP contribution in [0.15, 0.2) is 77.7 Å². The number of carbonyl (C=O) groups excluding carboxylic acids is 2. The number of methoxy groups -OCH3 is 1. The van der Waals surface area contributed by atoms with E-state index in [1.807, 2.05) is 0 Å². The van der Waals surface area contributed by atoms with Gasteiger partial charge in [0.15, 0.2) is 0 Å². The summed E-state index contributed by atoms with van der Waals surface area (Å²) in [6, 6.07) is 17.0. The number of benzene rings is 3. The first-order valence-electron chi connectivity index (χ1n) is 9.38. The smallest absolute Gasteiger partial charge is 0.271 e. The van der Waals surface area contributed by atoms with E-state index >= 15 is 0 Å². The molecule has 2 amide bonds. The third-order valence-corrected chi connectivity index (χ3v) is 5.76. The molecule has 3 aromatic carbocycles. The van der Waals surface area contributed by atoms with Crippen LogP contribution < -0.4 is 20.3 Å². The lowest BCUT2D eigenvalue weighted by atomic mass is 10.1. The molecular formula is C22H20FN3O5S. The molecule has 8 nitrogen and oxygen atoms in total. The number of hydrogen-bond acceptors (Lipinski definition) is 5. The van der Waals surface area contributed by atoms with Gasteiger partial charge >= 0.3 is 0 Å². The molecule has 0 spiro atoms. The second kappa shape index (κ2) is 9.92. The number of para-hydroxylation sites is 1. The van der Waals surface area contributed by atoms with Crippen molar-refractivity contribution in [3.8, 4) is 5.75 Å². The van der Waals surface area contributed by atoms with E-state index in [1.165, 1.54) is 19.2 Å². The van der Waals surface area contributed by atoms with E-state index < -0.39 is 27.7 Å². The van der Waals surface area contributed by atoms with Gasteiger partial charge in [-0.15, -0.1) is 0 Å². The van der Waals surface area contributed by atoms with E-state index in [9.17, 15) is 22.4 Å². The van der Waals surface area contributed by atoms with Gasteiger partial charge in [-0.2, -0.15) is 0 Å². The topological polar surface area (TPSA) is 114 Å². The van der Waals surface area contributed by atoms with Gasteiger partial charge in [0.2, 0.25) is 5.91 Å². The van der Waals surface area contributed by atoms with E-state index in [2.05, 4.69) is 15.6 Å². The molecule has 10 heteroatoms. The monoisotopic (exact) mass is 457 g/mol. The zero-order valence-corrected chi connectivity index (χ0v) is 17.8. The van der Waals surface area contributed by atoms with Crippen molar-refractivity contribution >= 4 is 27.5 Å². The lowest BCUT2D eigenvalue weighted by molar-refractivity contribution is -0.121. The highest BCUT2D eigenvalue weighted by Crippen LogP contribution is 2.20. The van der Waals surface area contributed by atoms with Crippen molar-refractivity contribution in [2.24, 2.45) is 0 Å². The lowest BCUT2D eigenvalue weighted by Gasteiger charge is -2.13. The predicted molar refractivity (Wildman–Crippen MR) is 116 cm³/mol. The van der Waals surface area contributed by atoms with Gasteiger partial charge in [0.25, 0.3) is 15.9 Å². The van der Waals surface area contributed by atoms with Crippen molar-refractivity contribution in [1.29, 1.82) is 0 Å². The Labute approximate surface area is 184 Å². The minimum atomic E-state index is -4.06. The Kier molecular flexibility index (Phi) is 7.06. The summed E-state index contributed by atoms with van der Waals surface area (Å²) >= 11 is 0. The fourth-order valence-electron chi connectivity index (χ4n) is 2.75. The molecule has 3 rings (SSSR count). The second-order valence-corrected chi connectivity index (χ2v) is 8.31. The molecule has 166 valence electrons. The molecule has 0 aromatic heterocycles. The second-order valence-electron chi connectivity index (χ2n) is 6.63. The minimum Gasteiger partial charge on any atom is -0.497 e. The SMILES string of the molecule is COc1ccc(CC(=O)NNC(=O)c2ccccc2NS(=O)(=O)c2ccc(F)cc2)cc1. The van der Waals surface area contributed by atoms with Gasteiger partial charge in [-0.25, -0.2) is 12.8 Å². The van der Waals surface area contributed by atoms with Crippen LogP contribution in [0.1, 0.15) is 15.9 Å². The van der Waals surface area contributed by atoms with Crippen LogP contribution in [0, 0.1) is 5.82 Å². The first-order valence-corrected chi connectivity index (χ1v) is 10.9. The van der Waals surface area contributed by atoms with E-state index in [1.54, 1.807) is 36.4 Å². The molecule has 0 atom stereocenters. The van der Waals surface area contributed by atoms with Gasteiger partial charge in [-0.3, -0.25) is 25.2 Å². The van der Waals surface area contributed by atoms with Crippen LogP contribution in [-0.2, 0) is 21.2 Å². The Hall–Kier alpha value is -3.92. The number of ether oxygens (including phenoxy) is 1. The van der Waals surface area contributed by atoms with Gasteiger partial charge in [0, 0.05) is 0 Å². The first-order chi connectivity index (χ1) is 15.3. The highest BCUT2D eigenvalue weighted by atomic mass is 32.2. The number of anilines is 1. The van der Waals surface area contributed by atoms with Crippen molar-refractivity contribution in [1.82, 2.24) is 10.9 Å². The fraction of sp³-hybridized carbons (Fsp3) is 0.0909. The Morgan fingerprint density at radius 2 is 1.56 bits per heavy atom. The van der Waals surface area contributed by atoms with Crippen molar-refractivity contribution in [2.45, 2.75) is 11.3 Å². The molecule has 0 radical (unpaired) electrons. The minimum absolute atomic E-state index is 0.00118. The molecule has 0 heterocycles. The average Bonchev–Trinajstić information content (AvgIpc) is 2.78. The first kappa shape index (κ1) is 22.8. The highest BCUT2D eigenvalue weighted by Gasteiger charge is 2.19. The molecule has 0 saturated carbocycles. The van der Waals surface area contributed by atoms with Gasteiger partial charge in [0.1, 0.15) is 11.6 Å². The normalized spacial score (nSPS) is 10.8. The third-order valence-electron chi connectivity index (χ3n) is 4.38. The van der Waals surface area contributed by atoms with Gasteiger partial charge < -0.3 is 4.74 Å². The van der Waals surface area contributed by atoms with Gasteiger partial charge in [-0.05, 0) is 54.1 Å². The highest BCUT2D eigenvalue weighted by molar-refractivity contribution is 7.92. The molecule has 3 aromatic rings. The summed E-state index contributed by atoms with van der Waals surface area (Å²) in [6.45, 7) is 0. The summed E-state index contributed by atoms with van der Waals surface area (Å²) in [5.41, 5.74) is 5.27. The van der Waals surface area contributed by atoms with E-state index in [-0.39, 0.29) is 22.6 Å². The van der Waals surface area contributed by atoms with Crippen molar-refractivity contribution < 1.29 is 27.1 Å². The van der Waals surface area contributed by atoms with Crippen LogP contribution >= 0.6 is 0 Å². The summed E-state index contributed by atoms with van der Waals surface area (Å²) in [6.07, 6.45) is 0.0170. The van der Waals surface area contributed by atoms with E-state index in [0.717, 1.165) is 24.3 Å². The number of hydrazine groups is 1. The number of amides is 2. The van der Waals surface area contributed by atoms with Gasteiger partial charge in [-0.1, -0.05) is 24.3 Å². The number of nitrogens with one attached hydrogen (secondary N) is 3. The molecule has 0 fully saturated rings. The molecule has 32 heavy (non-hydrogen) atoms. The zero-order chi connectivity index (χ0) is 23.1. The number of sulfonamides is 1. The molecular weight excluding hydrogens is 437 g/mol. The Morgan fingerprint density at radius 1 is 0.906 bits per heavy atom. The summed E-state index contributed by atoms with van der Waals surface area (Å²) in [7, 11) is -2.52.